The van der Waals surface area contributed by atoms with Gasteiger partial charge in [0.1, 0.15) is 18.0 Å². The summed E-state index contributed by atoms with van der Waals surface area (Å²) in [5.74, 6) is 0.666. The summed E-state index contributed by atoms with van der Waals surface area (Å²) in [5.41, 5.74) is 3.40. The second kappa shape index (κ2) is 11.5. The predicted octanol–water partition coefficient (Wildman–Crippen LogP) is 4.09. The number of carbonyl (C=O) groups is 1. The first-order valence-corrected chi connectivity index (χ1v) is 12.1. The Kier molecular flexibility index (Phi) is 8.50. The van der Waals surface area contributed by atoms with Crippen LogP contribution in [0.3, 0.4) is 0 Å². The maximum atomic E-state index is 13.4. The Morgan fingerprint density at radius 2 is 1.62 bits per heavy atom. The molecule has 1 amide bonds. The average Bonchev–Trinajstić information content (AvgIpc) is 2.84. The maximum Gasteiger partial charge on any atom is 0.264 e. The van der Waals surface area contributed by atoms with E-state index in [1.807, 2.05) is 6.92 Å². The van der Waals surface area contributed by atoms with Gasteiger partial charge in [-0.3, -0.25) is 9.10 Å². The molecule has 0 aromatic heterocycles. The number of amides is 1. The molecule has 0 saturated carbocycles. The first-order chi connectivity index (χ1) is 16.3. The van der Waals surface area contributed by atoms with Crippen LogP contribution in [0.15, 0.2) is 82.8 Å². The molecule has 3 aromatic carbocycles. The van der Waals surface area contributed by atoms with E-state index in [0.717, 1.165) is 9.87 Å². The topological polar surface area (TPSA) is 97.3 Å². The monoisotopic (exact) mass is 501 g/mol. The highest BCUT2D eigenvalue weighted by Gasteiger charge is 2.27. The number of methoxy groups -OCH3 is 1. The first-order valence-electron chi connectivity index (χ1n) is 10.3. The summed E-state index contributed by atoms with van der Waals surface area (Å²) in [7, 11) is -2.50. The molecule has 0 spiro atoms. The standard InChI is InChI=1S/C24H24ClN3O5S/c1-3-33-22-12-8-20(9-13-22)28(34(30,31)23-14-6-19(25)7-15-23)17-24(29)27-26-16-18-4-10-21(32-2)11-5-18/h4-16H,3,17H2,1-2H3,(H,27,29)/b26-16-. The Morgan fingerprint density at radius 3 is 2.21 bits per heavy atom. The molecular weight excluding hydrogens is 478 g/mol. The van der Waals surface area contributed by atoms with Crippen molar-refractivity contribution in [2.24, 2.45) is 5.10 Å². The molecule has 0 aliphatic carbocycles. The van der Waals surface area contributed by atoms with Crippen molar-refractivity contribution in [2.75, 3.05) is 24.6 Å². The van der Waals surface area contributed by atoms with Crippen LogP contribution >= 0.6 is 11.6 Å². The van der Waals surface area contributed by atoms with Gasteiger partial charge in [-0.15, -0.1) is 0 Å². The Balaban J connectivity index is 1.81. The van der Waals surface area contributed by atoms with Crippen molar-refractivity contribution in [1.29, 1.82) is 0 Å². The van der Waals surface area contributed by atoms with Crippen molar-refractivity contribution >= 4 is 39.4 Å². The number of nitrogens with one attached hydrogen (secondary N) is 1. The minimum atomic E-state index is -4.07. The van der Waals surface area contributed by atoms with E-state index in [1.54, 1.807) is 55.6 Å². The fourth-order valence-electron chi connectivity index (χ4n) is 2.96. The first kappa shape index (κ1) is 25.1. The highest BCUT2D eigenvalue weighted by Crippen LogP contribution is 2.26. The van der Waals surface area contributed by atoms with Gasteiger partial charge < -0.3 is 9.47 Å². The minimum Gasteiger partial charge on any atom is -0.497 e. The summed E-state index contributed by atoms with van der Waals surface area (Å²) < 4.78 is 38.3. The van der Waals surface area contributed by atoms with Crippen molar-refractivity contribution < 1.29 is 22.7 Å². The smallest absolute Gasteiger partial charge is 0.264 e. The molecule has 0 bridgehead atoms. The van der Waals surface area contributed by atoms with Gasteiger partial charge in [0, 0.05) is 5.02 Å². The second-order valence-corrected chi connectivity index (χ2v) is 9.26. The van der Waals surface area contributed by atoms with Gasteiger partial charge in [-0.25, -0.2) is 13.8 Å². The Bertz CT molecular complexity index is 1230. The summed E-state index contributed by atoms with van der Waals surface area (Å²) in [4.78, 5) is 12.6. The molecule has 1 N–H and O–H groups in total. The lowest BCUT2D eigenvalue weighted by atomic mass is 10.2. The predicted molar refractivity (Wildman–Crippen MR) is 132 cm³/mol. The number of ether oxygens (including phenoxy) is 2. The molecule has 3 rings (SSSR count). The van der Waals surface area contributed by atoms with Crippen molar-refractivity contribution in [3.8, 4) is 11.5 Å². The third kappa shape index (κ3) is 6.49. The summed E-state index contributed by atoms with van der Waals surface area (Å²) in [6, 6.07) is 19.2. The highest BCUT2D eigenvalue weighted by atomic mass is 35.5. The number of anilines is 1. The number of hydrogen-bond acceptors (Lipinski definition) is 6. The third-order valence-electron chi connectivity index (χ3n) is 4.64. The van der Waals surface area contributed by atoms with Crippen molar-refractivity contribution in [2.45, 2.75) is 11.8 Å². The third-order valence-corrected chi connectivity index (χ3v) is 6.68. The van der Waals surface area contributed by atoms with Crippen molar-refractivity contribution in [1.82, 2.24) is 5.43 Å². The lowest BCUT2D eigenvalue weighted by molar-refractivity contribution is -0.119. The van der Waals surface area contributed by atoms with Crippen LogP contribution in [0.25, 0.3) is 0 Å². The zero-order valence-corrected chi connectivity index (χ0v) is 20.2. The van der Waals surface area contributed by atoms with E-state index >= 15 is 0 Å². The van der Waals surface area contributed by atoms with Crippen LogP contribution < -0.4 is 19.2 Å². The molecule has 0 fully saturated rings. The Morgan fingerprint density at radius 1 is 1.00 bits per heavy atom. The van der Waals surface area contributed by atoms with Gasteiger partial charge in [0.2, 0.25) is 0 Å². The fraction of sp³-hybridized carbons (Fsp3) is 0.167. The van der Waals surface area contributed by atoms with E-state index in [4.69, 9.17) is 21.1 Å². The van der Waals surface area contributed by atoms with Crippen molar-refractivity contribution in [3.05, 3.63) is 83.4 Å². The van der Waals surface area contributed by atoms with Gasteiger partial charge >= 0.3 is 0 Å². The molecule has 0 radical (unpaired) electrons. The van der Waals surface area contributed by atoms with Gasteiger partial charge in [-0.05, 0) is 85.3 Å². The quantitative estimate of drug-likeness (QED) is 0.333. The summed E-state index contributed by atoms with van der Waals surface area (Å²) in [6.07, 6.45) is 1.45. The zero-order chi connectivity index (χ0) is 24.6. The normalized spacial score (nSPS) is 11.3. The van der Waals surface area contributed by atoms with Gasteiger partial charge in [0.05, 0.1) is 30.5 Å². The molecule has 0 atom stereocenters. The summed E-state index contributed by atoms with van der Waals surface area (Å²) in [5, 5.41) is 4.32. The maximum absolute atomic E-state index is 13.4. The Hall–Kier alpha value is -3.56. The molecule has 34 heavy (non-hydrogen) atoms. The summed E-state index contributed by atoms with van der Waals surface area (Å²) >= 11 is 5.91. The second-order valence-electron chi connectivity index (χ2n) is 6.96. The minimum absolute atomic E-state index is 0.000295. The van der Waals surface area contributed by atoms with E-state index in [9.17, 15) is 13.2 Å². The van der Waals surface area contributed by atoms with Gasteiger partial charge in [0.15, 0.2) is 0 Å². The van der Waals surface area contributed by atoms with Crippen LogP contribution in [0.2, 0.25) is 5.02 Å². The number of hydrogen-bond donors (Lipinski definition) is 1. The van der Waals surface area contributed by atoms with Crippen LogP contribution in [-0.2, 0) is 14.8 Å². The molecule has 0 saturated heterocycles. The molecule has 0 unspecified atom stereocenters. The van der Waals surface area contributed by atoms with Crippen molar-refractivity contribution in [3.63, 3.8) is 0 Å². The number of carbonyl (C=O) groups excluding carboxylic acids is 1. The molecule has 0 aliphatic rings. The van der Waals surface area contributed by atoms with Gasteiger partial charge in [0.25, 0.3) is 15.9 Å². The molecule has 8 nitrogen and oxygen atoms in total. The average molecular weight is 502 g/mol. The molecule has 178 valence electrons. The number of nitrogens with zero attached hydrogens (tertiary/aromatic N) is 2. The van der Waals surface area contributed by atoms with Crippen LogP contribution in [-0.4, -0.2) is 40.8 Å². The SMILES string of the molecule is CCOc1ccc(N(CC(=O)N/N=C\c2ccc(OC)cc2)S(=O)(=O)c2ccc(Cl)cc2)cc1. The van der Waals surface area contributed by atoms with E-state index < -0.39 is 22.5 Å². The van der Waals surface area contributed by atoms with E-state index in [-0.39, 0.29) is 4.90 Å². The summed E-state index contributed by atoms with van der Waals surface area (Å²) in [6.45, 7) is 1.83. The lowest BCUT2D eigenvalue weighted by Crippen LogP contribution is -2.39. The van der Waals surface area contributed by atoms with Gasteiger partial charge in [-0.1, -0.05) is 11.6 Å². The van der Waals surface area contributed by atoms with Crippen LogP contribution in [0.4, 0.5) is 5.69 Å². The molecule has 3 aromatic rings. The lowest BCUT2D eigenvalue weighted by Gasteiger charge is -2.24. The highest BCUT2D eigenvalue weighted by molar-refractivity contribution is 7.92. The molecular formula is C24H24ClN3O5S. The van der Waals surface area contributed by atoms with Gasteiger partial charge in [-0.2, -0.15) is 5.10 Å². The van der Waals surface area contributed by atoms with E-state index in [1.165, 1.54) is 30.5 Å². The number of benzene rings is 3. The van der Waals surface area contributed by atoms with Crippen LogP contribution in [0, 0.1) is 0 Å². The Labute approximate surface area is 203 Å². The van der Waals surface area contributed by atoms with E-state index in [2.05, 4.69) is 10.5 Å². The van der Waals surface area contributed by atoms with Crippen LogP contribution in [0.1, 0.15) is 12.5 Å². The molecule has 10 heteroatoms. The number of sulfonamides is 1. The fourth-order valence-corrected chi connectivity index (χ4v) is 4.51. The number of hydrazone groups is 1. The largest absolute Gasteiger partial charge is 0.497 e. The van der Waals surface area contributed by atoms with Crippen LogP contribution in [0.5, 0.6) is 11.5 Å². The molecule has 0 aliphatic heterocycles. The zero-order valence-electron chi connectivity index (χ0n) is 18.6. The van der Waals surface area contributed by atoms with E-state index in [0.29, 0.717) is 28.8 Å². The number of rotatable bonds is 10. The number of halogens is 1. The molecule has 0 heterocycles.